The average molecular weight is 515 g/mol. The second-order valence-corrected chi connectivity index (χ2v) is 10.2. The third-order valence-corrected chi connectivity index (χ3v) is 7.21. The quantitative estimate of drug-likeness (QED) is 0.321. The summed E-state index contributed by atoms with van der Waals surface area (Å²) in [5.41, 5.74) is 5.44. The van der Waals surface area contributed by atoms with E-state index in [4.69, 9.17) is 16.1 Å². The largest absolute Gasteiger partial charge is 0.345 e. The molecule has 4 aromatic rings. The zero-order valence-electron chi connectivity index (χ0n) is 21.2. The van der Waals surface area contributed by atoms with E-state index in [1.165, 1.54) is 11.1 Å². The summed E-state index contributed by atoms with van der Waals surface area (Å²) in [6, 6.07) is 23.8. The van der Waals surface area contributed by atoms with Gasteiger partial charge in [-0.15, -0.1) is 0 Å². The van der Waals surface area contributed by atoms with Crippen LogP contribution in [0.15, 0.2) is 77.3 Å². The number of aryl methyl sites for hydroxylation is 2. The van der Waals surface area contributed by atoms with Crippen LogP contribution < -0.4 is 5.32 Å². The summed E-state index contributed by atoms with van der Waals surface area (Å²) in [5.74, 6) is 1.05. The average Bonchev–Trinajstić information content (AvgIpc) is 3.37. The number of likely N-dealkylation sites (tertiary alicyclic amines) is 1. The molecule has 1 saturated heterocycles. The number of halogens is 1. The molecular weight excluding hydrogens is 484 g/mol. The predicted octanol–water partition coefficient (Wildman–Crippen LogP) is 6.12. The lowest BCUT2D eigenvalue weighted by atomic mass is 9.92. The van der Waals surface area contributed by atoms with Crippen LogP contribution in [0.5, 0.6) is 0 Å². The molecule has 6 nitrogen and oxygen atoms in total. The van der Waals surface area contributed by atoms with Crippen LogP contribution in [0.2, 0.25) is 5.02 Å². The lowest BCUT2D eigenvalue weighted by Crippen LogP contribution is -2.44. The summed E-state index contributed by atoms with van der Waals surface area (Å²) in [4.78, 5) is 20.3. The minimum Gasteiger partial charge on any atom is -0.345 e. The van der Waals surface area contributed by atoms with Crippen molar-refractivity contribution in [2.45, 2.75) is 39.3 Å². The normalized spacial score (nSPS) is 16.9. The SMILES string of the molecule is Cc1ccc(C(NC(=O)C2CCCN(Cc3nc(-c4ccc(Cl)cc4)no3)C2)c2ccccc2)c(C)c1. The van der Waals surface area contributed by atoms with E-state index in [0.717, 1.165) is 36.1 Å². The number of rotatable bonds is 7. The van der Waals surface area contributed by atoms with Crippen molar-refractivity contribution in [1.29, 1.82) is 0 Å². The van der Waals surface area contributed by atoms with E-state index in [1.807, 2.05) is 42.5 Å². The van der Waals surface area contributed by atoms with Crippen LogP contribution in [0.25, 0.3) is 11.4 Å². The van der Waals surface area contributed by atoms with Gasteiger partial charge in [0.05, 0.1) is 18.5 Å². The number of benzene rings is 3. The van der Waals surface area contributed by atoms with Gasteiger partial charge < -0.3 is 9.84 Å². The molecule has 0 radical (unpaired) electrons. The molecule has 1 N–H and O–H groups in total. The summed E-state index contributed by atoms with van der Waals surface area (Å²) >= 11 is 5.98. The van der Waals surface area contributed by atoms with Crippen LogP contribution in [0.3, 0.4) is 0 Å². The zero-order valence-corrected chi connectivity index (χ0v) is 21.9. The van der Waals surface area contributed by atoms with Crippen LogP contribution in [-0.4, -0.2) is 34.0 Å². The number of amides is 1. The van der Waals surface area contributed by atoms with Gasteiger partial charge >= 0.3 is 0 Å². The molecule has 7 heteroatoms. The number of carbonyl (C=O) groups excluding carboxylic acids is 1. The topological polar surface area (TPSA) is 71.3 Å². The third kappa shape index (κ3) is 6.09. The Kier molecular flexibility index (Phi) is 7.68. The minimum atomic E-state index is -0.192. The molecule has 1 fully saturated rings. The standard InChI is InChI=1S/C30H31ClN4O2/c1-20-10-15-26(21(2)17-20)28(22-7-4-3-5-8-22)33-30(36)24-9-6-16-35(18-24)19-27-32-29(34-37-27)23-11-13-25(31)14-12-23/h3-5,7-8,10-15,17,24,28H,6,9,16,18-19H2,1-2H3,(H,33,36). The van der Waals surface area contributed by atoms with E-state index in [-0.39, 0.29) is 17.9 Å². The fourth-order valence-corrected chi connectivity index (χ4v) is 5.16. The molecule has 0 saturated carbocycles. The number of aromatic nitrogens is 2. The smallest absolute Gasteiger partial charge is 0.241 e. The monoisotopic (exact) mass is 514 g/mol. The van der Waals surface area contributed by atoms with Gasteiger partial charge in [-0.2, -0.15) is 4.98 Å². The minimum absolute atomic E-state index is 0.0749. The number of carbonyl (C=O) groups is 1. The molecule has 1 aromatic heterocycles. The van der Waals surface area contributed by atoms with Crippen molar-refractivity contribution in [3.05, 3.63) is 106 Å². The van der Waals surface area contributed by atoms with Crippen LogP contribution in [-0.2, 0) is 11.3 Å². The van der Waals surface area contributed by atoms with Crippen molar-refractivity contribution in [3.8, 4) is 11.4 Å². The molecule has 0 spiro atoms. The van der Waals surface area contributed by atoms with Gasteiger partial charge in [0, 0.05) is 17.1 Å². The Bertz CT molecular complexity index is 1350. The fourth-order valence-electron chi connectivity index (χ4n) is 5.04. The zero-order chi connectivity index (χ0) is 25.8. The maximum atomic E-state index is 13.5. The van der Waals surface area contributed by atoms with E-state index in [0.29, 0.717) is 29.8 Å². The van der Waals surface area contributed by atoms with E-state index < -0.39 is 0 Å². The van der Waals surface area contributed by atoms with Crippen LogP contribution in [0, 0.1) is 19.8 Å². The molecule has 0 aliphatic carbocycles. The Balaban J connectivity index is 1.27. The highest BCUT2D eigenvalue weighted by molar-refractivity contribution is 6.30. The van der Waals surface area contributed by atoms with E-state index in [1.54, 1.807) is 0 Å². The molecule has 3 aromatic carbocycles. The van der Waals surface area contributed by atoms with E-state index in [2.05, 4.69) is 64.5 Å². The van der Waals surface area contributed by atoms with Gasteiger partial charge in [-0.1, -0.05) is 70.9 Å². The summed E-state index contributed by atoms with van der Waals surface area (Å²) in [5, 5.41) is 8.15. The second-order valence-electron chi connectivity index (χ2n) is 9.81. The molecule has 1 aliphatic rings. The predicted molar refractivity (Wildman–Crippen MR) is 145 cm³/mol. The first-order chi connectivity index (χ1) is 18.0. The second kappa shape index (κ2) is 11.3. The molecule has 190 valence electrons. The highest BCUT2D eigenvalue weighted by Gasteiger charge is 2.29. The maximum Gasteiger partial charge on any atom is 0.241 e. The highest BCUT2D eigenvalue weighted by Crippen LogP contribution is 2.28. The molecule has 1 aliphatic heterocycles. The Morgan fingerprint density at radius 2 is 1.89 bits per heavy atom. The number of nitrogens with one attached hydrogen (secondary N) is 1. The Morgan fingerprint density at radius 1 is 1.11 bits per heavy atom. The Morgan fingerprint density at radius 3 is 2.65 bits per heavy atom. The van der Waals surface area contributed by atoms with Crippen molar-refractivity contribution in [1.82, 2.24) is 20.4 Å². The molecule has 5 rings (SSSR count). The molecule has 2 heterocycles. The lowest BCUT2D eigenvalue weighted by Gasteiger charge is -2.32. The molecule has 0 bridgehead atoms. The first kappa shape index (κ1) is 25.2. The van der Waals surface area contributed by atoms with Crippen molar-refractivity contribution in [2.75, 3.05) is 13.1 Å². The summed E-state index contributed by atoms with van der Waals surface area (Å²) in [7, 11) is 0. The lowest BCUT2D eigenvalue weighted by molar-refractivity contribution is -0.127. The first-order valence-corrected chi connectivity index (χ1v) is 13.1. The van der Waals surface area contributed by atoms with E-state index >= 15 is 0 Å². The van der Waals surface area contributed by atoms with Gasteiger partial charge in [0.2, 0.25) is 17.6 Å². The van der Waals surface area contributed by atoms with Crippen molar-refractivity contribution < 1.29 is 9.32 Å². The number of piperidine rings is 1. The molecular formula is C30H31ClN4O2. The van der Waals surface area contributed by atoms with Crippen molar-refractivity contribution in [3.63, 3.8) is 0 Å². The van der Waals surface area contributed by atoms with Gasteiger partial charge in [-0.25, -0.2) is 0 Å². The van der Waals surface area contributed by atoms with E-state index in [9.17, 15) is 4.79 Å². The molecule has 2 atom stereocenters. The maximum absolute atomic E-state index is 13.5. The summed E-state index contributed by atoms with van der Waals surface area (Å²) in [6.07, 6.45) is 1.80. The first-order valence-electron chi connectivity index (χ1n) is 12.7. The fraction of sp³-hybridized carbons (Fsp3) is 0.300. The summed E-state index contributed by atoms with van der Waals surface area (Å²) in [6.45, 7) is 6.25. The summed E-state index contributed by atoms with van der Waals surface area (Å²) < 4.78 is 5.51. The van der Waals surface area contributed by atoms with Crippen LogP contribution >= 0.6 is 11.6 Å². The Labute approximate surface area is 222 Å². The number of hydrogen-bond acceptors (Lipinski definition) is 5. The van der Waals surface area contributed by atoms with Crippen LogP contribution in [0.4, 0.5) is 0 Å². The molecule has 1 amide bonds. The number of hydrogen-bond donors (Lipinski definition) is 1. The Hall–Kier alpha value is -3.48. The van der Waals surface area contributed by atoms with Gasteiger partial charge in [-0.05, 0) is 74.2 Å². The van der Waals surface area contributed by atoms with Gasteiger partial charge in [-0.3, -0.25) is 9.69 Å². The van der Waals surface area contributed by atoms with Gasteiger partial charge in [0.1, 0.15) is 0 Å². The van der Waals surface area contributed by atoms with Crippen LogP contribution in [0.1, 0.15) is 47.0 Å². The van der Waals surface area contributed by atoms with Crippen molar-refractivity contribution in [2.24, 2.45) is 5.92 Å². The highest BCUT2D eigenvalue weighted by atomic mass is 35.5. The third-order valence-electron chi connectivity index (χ3n) is 6.96. The number of nitrogens with zero attached hydrogens (tertiary/aromatic N) is 3. The van der Waals surface area contributed by atoms with Gasteiger partial charge in [0.15, 0.2) is 0 Å². The van der Waals surface area contributed by atoms with Crippen molar-refractivity contribution >= 4 is 17.5 Å². The molecule has 37 heavy (non-hydrogen) atoms. The molecule has 2 unspecified atom stereocenters. The van der Waals surface area contributed by atoms with Gasteiger partial charge in [0.25, 0.3) is 0 Å².